The van der Waals surface area contributed by atoms with Gasteiger partial charge in [-0.2, -0.15) is 0 Å². The molecule has 0 bridgehead atoms. The van der Waals surface area contributed by atoms with Crippen molar-refractivity contribution in [3.8, 4) is 0 Å². The van der Waals surface area contributed by atoms with E-state index < -0.39 is 0 Å². The number of amides is 3. The monoisotopic (exact) mass is 416 g/mol. The van der Waals surface area contributed by atoms with Gasteiger partial charge in [-0.25, -0.2) is 4.79 Å². The molecule has 3 N–H and O–H groups in total. The maximum Gasteiger partial charge on any atom is 0.315 e. The van der Waals surface area contributed by atoms with Crippen molar-refractivity contribution in [1.29, 1.82) is 0 Å². The molecule has 1 saturated heterocycles. The standard InChI is InChI=1S/C23H36N4O3/c28-22(12-7-13-24-23(29)25-20-10-5-2-6-11-20)26-21(19-8-3-1-4-9-19)18-27-14-16-30-17-15-27/h1,3-4,8-9,20-21H,2,5-7,10-18H2,(H,26,28)(H2,24,25,29). The number of nitrogens with one attached hydrogen (secondary N) is 3. The van der Waals surface area contributed by atoms with E-state index in [1.165, 1.54) is 19.3 Å². The average molecular weight is 417 g/mol. The van der Waals surface area contributed by atoms with E-state index in [0.29, 0.717) is 25.4 Å². The van der Waals surface area contributed by atoms with E-state index in [2.05, 4.69) is 33.0 Å². The number of rotatable bonds is 9. The van der Waals surface area contributed by atoms with Gasteiger partial charge in [0, 0.05) is 38.6 Å². The molecule has 0 spiro atoms. The number of hydrogen-bond donors (Lipinski definition) is 3. The van der Waals surface area contributed by atoms with Gasteiger partial charge in [0.25, 0.3) is 0 Å². The highest BCUT2D eigenvalue weighted by Crippen LogP contribution is 2.17. The van der Waals surface area contributed by atoms with Gasteiger partial charge < -0.3 is 20.7 Å². The number of carbonyl (C=O) groups excluding carboxylic acids is 2. The first-order chi connectivity index (χ1) is 14.7. The molecule has 3 rings (SSSR count). The summed E-state index contributed by atoms with van der Waals surface area (Å²) in [7, 11) is 0. The van der Waals surface area contributed by atoms with Crippen molar-refractivity contribution in [1.82, 2.24) is 20.9 Å². The van der Waals surface area contributed by atoms with Crippen molar-refractivity contribution in [3.05, 3.63) is 35.9 Å². The van der Waals surface area contributed by atoms with Crippen LogP contribution in [0, 0.1) is 0 Å². The van der Waals surface area contributed by atoms with E-state index in [1.54, 1.807) is 0 Å². The lowest BCUT2D eigenvalue weighted by Gasteiger charge is -2.31. The van der Waals surface area contributed by atoms with Crippen LogP contribution in [-0.2, 0) is 9.53 Å². The van der Waals surface area contributed by atoms with Gasteiger partial charge in [-0.3, -0.25) is 9.69 Å². The fourth-order valence-electron chi connectivity index (χ4n) is 4.16. The molecule has 1 atom stereocenters. The van der Waals surface area contributed by atoms with E-state index in [-0.39, 0.29) is 18.0 Å². The number of hydrogen-bond acceptors (Lipinski definition) is 4. The molecule has 1 saturated carbocycles. The minimum atomic E-state index is -0.114. The minimum absolute atomic E-state index is 0.0200. The molecule has 7 nitrogen and oxygen atoms in total. The van der Waals surface area contributed by atoms with Gasteiger partial charge >= 0.3 is 6.03 Å². The number of carbonyl (C=O) groups is 2. The van der Waals surface area contributed by atoms with Crippen LogP contribution in [0.25, 0.3) is 0 Å². The molecule has 2 aliphatic rings. The third-order valence-electron chi connectivity index (χ3n) is 5.89. The summed E-state index contributed by atoms with van der Waals surface area (Å²) >= 11 is 0. The number of ether oxygens (including phenoxy) is 1. The van der Waals surface area contributed by atoms with Crippen LogP contribution in [0.2, 0.25) is 0 Å². The van der Waals surface area contributed by atoms with Crippen LogP contribution in [-0.4, -0.2) is 62.3 Å². The number of nitrogens with zero attached hydrogens (tertiary/aromatic N) is 1. The molecule has 1 unspecified atom stereocenters. The lowest BCUT2D eigenvalue weighted by Crippen LogP contribution is -2.44. The molecule has 7 heteroatoms. The Morgan fingerprint density at radius 1 is 1.07 bits per heavy atom. The van der Waals surface area contributed by atoms with Crippen LogP contribution in [0.4, 0.5) is 4.79 Å². The summed E-state index contributed by atoms with van der Waals surface area (Å²) in [6, 6.07) is 10.3. The normalized spacial score (nSPS) is 19.1. The predicted octanol–water partition coefficient (Wildman–Crippen LogP) is 2.59. The molecular formula is C23H36N4O3. The van der Waals surface area contributed by atoms with Crippen LogP contribution in [0.15, 0.2) is 30.3 Å². The Morgan fingerprint density at radius 2 is 1.80 bits per heavy atom. The maximum atomic E-state index is 12.5. The summed E-state index contributed by atoms with van der Waals surface area (Å²) in [6.45, 7) is 4.54. The Bertz CT molecular complexity index is 643. The smallest absolute Gasteiger partial charge is 0.315 e. The highest BCUT2D eigenvalue weighted by atomic mass is 16.5. The summed E-state index contributed by atoms with van der Waals surface area (Å²) in [4.78, 5) is 26.9. The van der Waals surface area contributed by atoms with Crippen LogP contribution in [0.5, 0.6) is 0 Å². The van der Waals surface area contributed by atoms with Crippen molar-refractivity contribution in [3.63, 3.8) is 0 Å². The Balaban J connectivity index is 1.38. The molecule has 1 aliphatic heterocycles. The highest BCUT2D eigenvalue weighted by Gasteiger charge is 2.20. The van der Waals surface area contributed by atoms with Crippen molar-refractivity contribution >= 4 is 11.9 Å². The first-order valence-corrected chi connectivity index (χ1v) is 11.4. The highest BCUT2D eigenvalue weighted by molar-refractivity contribution is 5.77. The van der Waals surface area contributed by atoms with Crippen LogP contribution >= 0.6 is 0 Å². The van der Waals surface area contributed by atoms with Gasteiger partial charge in [0.1, 0.15) is 0 Å². The van der Waals surface area contributed by atoms with Gasteiger partial charge in [-0.05, 0) is 24.8 Å². The maximum absolute atomic E-state index is 12.5. The van der Waals surface area contributed by atoms with Crippen molar-refractivity contribution < 1.29 is 14.3 Å². The fraction of sp³-hybridized carbons (Fsp3) is 0.652. The van der Waals surface area contributed by atoms with Gasteiger partial charge in [-0.15, -0.1) is 0 Å². The van der Waals surface area contributed by atoms with Gasteiger partial charge in [0.15, 0.2) is 0 Å². The molecule has 166 valence electrons. The summed E-state index contributed by atoms with van der Waals surface area (Å²) in [6.07, 6.45) is 6.82. The summed E-state index contributed by atoms with van der Waals surface area (Å²) in [5.41, 5.74) is 1.11. The summed E-state index contributed by atoms with van der Waals surface area (Å²) < 4.78 is 5.43. The molecule has 1 aliphatic carbocycles. The summed E-state index contributed by atoms with van der Waals surface area (Å²) in [5, 5.41) is 9.11. The zero-order valence-corrected chi connectivity index (χ0v) is 17.9. The largest absolute Gasteiger partial charge is 0.379 e. The number of benzene rings is 1. The molecule has 1 heterocycles. The molecule has 1 aromatic carbocycles. The zero-order chi connectivity index (χ0) is 21.0. The second-order valence-electron chi connectivity index (χ2n) is 8.28. The van der Waals surface area contributed by atoms with Crippen molar-refractivity contribution in [2.75, 3.05) is 39.4 Å². The SMILES string of the molecule is O=C(CCCNC(=O)NC1CCCCC1)NC(CN1CCOCC1)c1ccccc1. The molecular weight excluding hydrogens is 380 g/mol. The summed E-state index contributed by atoms with van der Waals surface area (Å²) in [5.74, 6) is 0.0200. The quantitative estimate of drug-likeness (QED) is 0.541. The van der Waals surface area contributed by atoms with E-state index in [1.807, 2.05) is 18.2 Å². The first-order valence-electron chi connectivity index (χ1n) is 11.4. The zero-order valence-electron chi connectivity index (χ0n) is 17.9. The third-order valence-corrected chi connectivity index (χ3v) is 5.89. The van der Waals surface area contributed by atoms with E-state index in [9.17, 15) is 9.59 Å². The molecule has 0 radical (unpaired) electrons. The molecule has 3 amide bonds. The molecule has 2 fully saturated rings. The second kappa shape index (κ2) is 12.5. The van der Waals surface area contributed by atoms with E-state index >= 15 is 0 Å². The first kappa shape index (κ1) is 22.6. The average Bonchev–Trinajstić information content (AvgIpc) is 2.78. The van der Waals surface area contributed by atoms with E-state index in [0.717, 1.165) is 51.3 Å². The van der Waals surface area contributed by atoms with Crippen LogP contribution < -0.4 is 16.0 Å². The Hall–Kier alpha value is -2.12. The van der Waals surface area contributed by atoms with Crippen molar-refractivity contribution in [2.45, 2.75) is 57.0 Å². The third kappa shape index (κ3) is 7.95. The van der Waals surface area contributed by atoms with Gasteiger partial charge in [-0.1, -0.05) is 49.6 Å². The Labute approximate surface area is 179 Å². The Kier molecular flexibility index (Phi) is 9.44. The second-order valence-corrected chi connectivity index (χ2v) is 8.28. The minimum Gasteiger partial charge on any atom is -0.379 e. The van der Waals surface area contributed by atoms with Gasteiger partial charge in [0.05, 0.1) is 19.3 Å². The number of urea groups is 1. The fourth-order valence-corrected chi connectivity index (χ4v) is 4.16. The van der Waals surface area contributed by atoms with Crippen molar-refractivity contribution in [2.24, 2.45) is 0 Å². The lowest BCUT2D eigenvalue weighted by atomic mass is 9.96. The predicted molar refractivity (Wildman–Crippen MR) is 117 cm³/mol. The molecule has 30 heavy (non-hydrogen) atoms. The molecule has 1 aromatic rings. The lowest BCUT2D eigenvalue weighted by molar-refractivity contribution is -0.122. The van der Waals surface area contributed by atoms with Crippen LogP contribution in [0.3, 0.4) is 0 Å². The number of morpholine rings is 1. The van der Waals surface area contributed by atoms with Gasteiger partial charge in [0.2, 0.25) is 5.91 Å². The Morgan fingerprint density at radius 3 is 2.53 bits per heavy atom. The van der Waals surface area contributed by atoms with Crippen LogP contribution in [0.1, 0.15) is 56.6 Å². The topological polar surface area (TPSA) is 82.7 Å². The van der Waals surface area contributed by atoms with E-state index in [4.69, 9.17) is 4.74 Å². The molecule has 0 aromatic heterocycles.